The van der Waals surface area contributed by atoms with Gasteiger partial charge in [0.15, 0.2) is 0 Å². The molecule has 0 aliphatic heterocycles. The first-order chi connectivity index (χ1) is 13.5. The van der Waals surface area contributed by atoms with Gasteiger partial charge in [-0.1, -0.05) is 18.2 Å². The van der Waals surface area contributed by atoms with E-state index in [4.69, 9.17) is 4.74 Å². The molecule has 0 saturated heterocycles. The van der Waals surface area contributed by atoms with Crippen LogP contribution >= 0.6 is 0 Å². The smallest absolute Gasteiger partial charge is 0.325 e. The molecule has 0 saturated carbocycles. The number of hydrogen-bond acceptors (Lipinski definition) is 4. The van der Waals surface area contributed by atoms with Crippen molar-refractivity contribution in [1.29, 1.82) is 5.26 Å². The highest BCUT2D eigenvalue weighted by molar-refractivity contribution is 6.06. The lowest BCUT2D eigenvalue weighted by molar-refractivity contribution is -0.141. The Morgan fingerprint density at radius 3 is 2.75 bits per heavy atom. The lowest BCUT2D eigenvalue weighted by atomic mass is 9.97. The minimum absolute atomic E-state index is 0.118. The maximum absolute atomic E-state index is 12.0. The standard InChI is InChI=1S/C23H19N3O2/c1-14-5-4-6-18-17(9-10-25-23(14)18)22-15(2)26(13-21(27)28-3)20-8-7-16(12-24)11-19(20)22/h4-11H,13H2,1-3H3. The zero-order chi connectivity index (χ0) is 19.8. The SMILES string of the molecule is COC(=O)Cn1c(C)c(-c2ccnc3c(C)cccc23)c2cc(C#N)ccc21. The van der Waals surface area contributed by atoms with Crippen molar-refractivity contribution in [2.24, 2.45) is 0 Å². The number of carbonyl (C=O) groups is 1. The van der Waals surface area contributed by atoms with Crippen molar-refractivity contribution < 1.29 is 9.53 Å². The molecular weight excluding hydrogens is 350 g/mol. The Labute approximate surface area is 162 Å². The van der Waals surface area contributed by atoms with Crippen LogP contribution in [0.2, 0.25) is 0 Å². The molecule has 0 aliphatic rings. The molecule has 5 heteroatoms. The molecule has 138 valence electrons. The van der Waals surface area contributed by atoms with Crippen LogP contribution in [-0.4, -0.2) is 22.6 Å². The van der Waals surface area contributed by atoms with Crippen molar-refractivity contribution in [1.82, 2.24) is 9.55 Å². The predicted octanol–water partition coefficient (Wildman–Crippen LogP) is 4.52. The Balaban J connectivity index is 2.10. The van der Waals surface area contributed by atoms with Crippen LogP contribution in [0.5, 0.6) is 0 Å². The number of benzene rings is 2. The Morgan fingerprint density at radius 2 is 2.00 bits per heavy atom. The number of para-hydroxylation sites is 1. The summed E-state index contributed by atoms with van der Waals surface area (Å²) in [6.45, 7) is 4.15. The van der Waals surface area contributed by atoms with Crippen LogP contribution in [0.4, 0.5) is 0 Å². The van der Waals surface area contributed by atoms with E-state index in [1.807, 2.05) is 54.9 Å². The van der Waals surface area contributed by atoms with E-state index in [0.717, 1.165) is 44.2 Å². The number of fused-ring (bicyclic) bond motifs is 2. The van der Waals surface area contributed by atoms with Crippen LogP contribution in [0.3, 0.4) is 0 Å². The van der Waals surface area contributed by atoms with Crippen molar-refractivity contribution >= 4 is 27.8 Å². The fraction of sp³-hybridized carbons (Fsp3) is 0.174. The van der Waals surface area contributed by atoms with Crippen molar-refractivity contribution in [3.8, 4) is 17.2 Å². The molecule has 2 aromatic carbocycles. The van der Waals surface area contributed by atoms with E-state index in [-0.39, 0.29) is 12.5 Å². The molecule has 0 spiro atoms. The molecule has 28 heavy (non-hydrogen) atoms. The van der Waals surface area contributed by atoms with E-state index in [1.54, 1.807) is 6.07 Å². The van der Waals surface area contributed by atoms with Crippen molar-refractivity contribution in [3.05, 3.63) is 65.5 Å². The molecule has 0 fully saturated rings. The van der Waals surface area contributed by atoms with Crippen LogP contribution < -0.4 is 0 Å². The number of esters is 1. The number of nitrogens with zero attached hydrogens (tertiary/aromatic N) is 3. The summed E-state index contributed by atoms with van der Waals surface area (Å²) in [6.07, 6.45) is 1.81. The van der Waals surface area contributed by atoms with E-state index in [0.29, 0.717) is 5.56 Å². The Morgan fingerprint density at radius 1 is 1.18 bits per heavy atom. The first-order valence-electron chi connectivity index (χ1n) is 8.99. The van der Waals surface area contributed by atoms with Crippen LogP contribution in [0.25, 0.3) is 32.9 Å². The van der Waals surface area contributed by atoms with Gasteiger partial charge in [0.25, 0.3) is 0 Å². The highest BCUT2D eigenvalue weighted by Gasteiger charge is 2.20. The quantitative estimate of drug-likeness (QED) is 0.498. The van der Waals surface area contributed by atoms with Gasteiger partial charge in [0.05, 0.1) is 24.3 Å². The third kappa shape index (κ3) is 2.71. The molecule has 4 aromatic rings. The Bertz CT molecular complexity index is 1280. The molecule has 5 nitrogen and oxygen atoms in total. The lowest BCUT2D eigenvalue weighted by Crippen LogP contribution is -2.12. The van der Waals surface area contributed by atoms with Gasteiger partial charge in [0, 0.05) is 33.7 Å². The van der Waals surface area contributed by atoms with Crippen molar-refractivity contribution in [3.63, 3.8) is 0 Å². The molecule has 0 atom stereocenters. The summed E-state index contributed by atoms with van der Waals surface area (Å²) in [5, 5.41) is 11.4. The van der Waals surface area contributed by atoms with Crippen LogP contribution in [0.15, 0.2) is 48.7 Å². The monoisotopic (exact) mass is 369 g/mol. The fourth-order valence-corrected chi connectivity index (χ4v) is 3.83. The van der Waals surface area contributed by atoms with Gasteiger partial charge < -0.3 is 9.30 Å². The number of aryl methyl sites for hydroxylation is 1. The van der Waals surface area contributed by atoms with Gasteiger partial charge in [-0.2, -0.15) is 5.26 Å². The number of ether oxygens (including phenoxy) is 1. The third-order valence-electron chi connectivity index (χ3n) is 5.21. The topological polar surface area (TPSA) is 67.9 Å². The first kappa shape index (κ1) is 17.7. The minimum atomic E-state index is -0.314. The molecule has 0 unspecified atom stereocenters. The van der Waals surface area contributed by atoms with Gasteiger partial charge in [0.2, 0.25) is 0 Å². The summed E-state index contributed by atoms with van der Waals surface area (Å²) in [6, 6.07) is 15.9. The molecule has 2 aromatic heterocycles. The van der Waals surface area contributed by atoms with Gasteiger partial charge in [-0.3, -0.25) is 9.78 Å². The van der Waals surface area contributed by atoms with E-state index < -0.39 is 0 Å². The minimum Gasteiger partial charge on any atom is -0.468 e. The Hall–Kier alpha value is -3.65. The molecule has 0 aliphatic carbocycles. The maximum atomic E-state index is 12.0. The Kier molecular flexibility index (Phi) is 4.32. The number of rotatable bonds is 3. The second-order valence-electron chi connectivity index (χ2n) is 6.80. The zero-order valence-corrected chi connectivity index (χ0v) is 16.0. The number of methoxy groups -OCH3 is 1. The van der Waals surface area contributed by atoms with Gasteiger partial charge in [0.1, 0.15) is 6.54 Å². The van der Waals surface area contributed by atoms with E-state index in [9.17, 15) is 10.1 Å². The number of aromatic nitrogens is 2. The molecular formula is C23H19N3O2. The molecule has 0 bridgehead atoms. The molecule has 0 amide bonds. The van der Waals surface area contributed by atoms with Gasteiger partial charge in [-0.25, -0.2) is 0 Å². The summed E-state index contributed by atoms with van der Waals surface area (Å²) in [5.41, 5.74) is 6.53. The second-order valence-corrected chi connectivity index (χ2v) is 6.80. The van der Waals surface area contributed by atoms with Crippen LogP contribution in [-0.2, 0) is 16.1 Å². The molecule has 2 heterocycles. The number of pyridine rings is 1. The summed E-state index contributed by atoms with van der Waals surface area (Å²) in [5.74, 6) is -0.314. The highest BCUT2D eigenvalue weighted by Crippen LogP contribution is 2.38. The van der Waals surface area contributed by atoms with E-state index >= 15 is 0 Å². The molecule has 0 radical (unpaired) electrons. The maximum Gasteiger partial charge on any atom is 0.325 e. The normalized spacial score (nSPS) is 10.9. The second kappa shape index (κ2) is 6.82. The number of carbonyl (C=O) groups excluding carboxylic acids is 1. The van der Waals surface area contributed by atoms with Crippen molar-refractivity contribution in [2.45, 2.75) is 20.4 Å². The zero-order valence-electron chi connectivity index (χ0n) is 16.0. The predicted molar refractivity (Wildman–Crippen MR) is 109 cm³/mol. The fourth-order valence-electron chi connectivity index (χ4n) is 3.83. The first-order valence-corrected chi connectivity index (χ1v) is 8.99. The summed E-state index contributed by atoms with van der Waals surface area (Å²) < 4.78 is 6.83. The number of nitriles is 1. The summed E-state index contributed by atoms with van der Waals surface area (Å²) >= 11 is 0. The van der Waals surface area contributed by atoms with E-state index in [1.165, 1.54) is 7.11 Å². The van der Waals surface area contributed by atoms with Crippen LogP contribution in [0, 0.1) is 25.2 Å². The van der Waals surface area contributed by atoms with Gasteiger partial charge >= 0.3 is 5.97 Å². The summed E-state index contributed by atoms with van der Waals surface area (Å²) in [4.78, 5) is 16.5. The van der Waals surface area contributed by atoms with Crippen LogP contribution in [0.1, 0.15) is 16.8 Å². The van der Waals surface area contributed by atoms with E-state index in [2.05, 4.69) is 17.1 Å². The average Bonchev–Trinajstić information content (AvgIpc) is 2.98. The third-order valence-corrected chi connectivity index (χ3v) is 5.21. The van der Waals surface area contributed by atoms with Crippen molar-refractivity contribution in [2.75, 3.05) is 7.11 Å². The highest BCUT2D eigenvalue weighted by atomic mass is 16.5. The molecule has 4 rings (SSSR count). The van der Waals surface area contributed by atoms with Gasteiger partial charge in [-0.05, 0) is 49.2 Å². The van der Waals surface area contributed by atoms with Gasteiger partial charge in [-0.15, -0.1) is 0 Å². The lowest BCUT2D eigenvalue weighted by Gasteiger charge is -2.10. The number of hydrogen-bond donors (Lipinski definition) is 0. The average molecular weight is 369 g/mol. The summed E-state index contributed by atoms with van der Waals surface area (Å²) in [7, 11) is 1.39. The molecule has 0 N–H and O–H groups in total. The largest absolute Gasteiger partial charge is 0.468 e.